The summed E-state index contributed by atoms with van der Waals surface area (Å²) in [6, 6.07) is 3.09. The number of nitrogens with zero attached hydrogens (tertiary/aromatic N) is 2. The zero-order valence-electron chi connectivity index (χ0n) is 13.5. The molecule has 1 aromatic heterocycles. The van der Waals surface area contributed by atoms with Gasteiger partial charge in [-0.3, -0.25) is 0 Å². The Balaban J connectivity index is 3.37. The highest BCUT2D eigenvalue weighted by molar-refractivity contribution is 14.1. The first-order chi connectivity index (χ1) is 9.75. The van der Waals surface area contributed by atoms with Crippen LogP contribution >= 0.6 is 22.6 Å². The van der Waals surface area contributed by atoms with Crippen LogP contribution in [0.25, 0.3) is 0 Å². The van der Waals surface area contributed by atoms with E-state index in [4.69, 9.17) is 4.74 Å². The molecule has 0 N–H and O–H groups in total. The van der Waals surface area contributed by atoms with Gasteiger partial charge in [-0.15, -0.1) is 0 Å². The molecule has 0 aliphatic carbocycles. The van der Waals surface area contributed by atoms with Crippen molar-refractivity contribution in [2.75, 3.05) is 0 Å². The summed E-state index contributed by atoms with van der Waals surface area (Å²) in [7, 11) is -4.11. The van der Waals surface area contributed by atoms with Crippen LogP contribution in [0.3, 0.4) is 0 Å². The summed E-state index contributed by atoms with van der Waals surface area (Å²) in [4.78, 5) is 16.3. The molecule has 0 saturated heterocycles. The number of hydrogen-bond acceptors (Lipinski definition) is 5. The Bertz CT molecular complexity index is 660. The fourth-order valence-corrected chi connectivity index (χ4v) is 3.93. The number of carbonyl (C=O) groups excluding carboxylic acids is 1. The molecule has 1 heterocycles. The van der Waals surface area contributed by atoms with Gasteiger partial charge in [0.1, 0.15) is 5.60 Å². The molecule has 1 rings (SSSR count). The average molecular weight is 440 g/mol. The summed E-state index contributed by atoms with van der Waals surface area (Å²) >= 11 is 1.99. The average Bonchev–Trinajstić information content (AvgIpc) is 2.23. The molecule has 1 aromatic rings. The molecule has 0 saturated carbocycles. The van der Waals surface area contributed by atoms with Crippen molar-refractivity contribution >= 4 is 38.7 Å². The molecule has 0 aliphatic heterocycles. The maximum Gasteiger partial charge on any atom is 0.424 e. The maximum absolute atomic E-state index is 12.8. The first kappa shape index (κ1) is 19.1. The summed E-state index contributed by atoms with van der Waals surface area (Å²) in [5, 5.41) is -0.180. The van der Waals surface area contributed by atoms with Crippen LogP contribution in [-0.2, 0) is 14.8 Å². The lowest BCUT2D eigenvalue weighted by Crippen LogP contribution is -2.51. The number of pyridine rings is 1. The van der Waals surface area contributed by atoms with E-state index in [9.17, 15) is 13.2 Å². The van der Waals surface area contributed by atoms with E-state index in [2.05, 4.69) is 4.98 Å². The predicted molar refractivity (Wildman–Crippen MR) is 92.0 cm³/mol. The first-order valence-electron chi connectivity index (χ1n) is 6.65. The smallest absolute Gasteiger partial charge is 0.424 e. The van der Waals surface area contributed by atoms with Crippen molar-refractivity contribution in [2.45, 2.75) is 57.7 Å². The van der Waals surface area contributed by atoms with Crippen LogP contribution in [0.5, 0.6) is 0 Å². The Morgan fingerprint density at radius 1 is 1.23 bits per heavy atom. The van der Waals surface area contributed by atoms with E-state index in [0.717, 1.165) is 4.31 Å². The van der Waals surface area contributed by atoms with Gasteiger partial charge in [-0.05, 0) is 76.3 Å². The molecule has 0 fully saturated rings. The zero-order valence-corrected chi connectivity index (χ0v) is 16.5. The highest BCUT2D eigenvalue weighted by atomic mass is 127. The number of ether oxygens (including phenoxy) is 1. The molecular formula is C14H21IN2O4S. The molecule has 0 atom stereocenters. The van der Waals surface area contributed by atoms with Crippen LogP contribution in [-0.4, -0.2) is 34.9 Å². The third-order valence-corrected chi connectivity index (χ3v) is 4.97. The number of aromatic nitrogens is 1. The van der Waals surface area contributed by atoms with Gasteiger partial charge in [0.25, 0.3) is 10.0 Å². The fraction of sp³-hybridized carbons (Fsp3) is 0.571. The van der Waals surface area contributed by atoms with Crippen molar-refractivity contribution in [3.63, 3.8) is 0 Å². The summed E-state index contributed by atoms with van der Waals surface area (Å²) in [5.41, 5.74) is -1.78. The third-order valence-electron chi connectivity index (χ3n) is 2.37. The topological polar surface area (TPSA) is 76.6 Å². The molecule has 124 valence electrons. The minimum Gasteiger partial charge on any atom is -0.443 e. The largest absolute Gasteiger partial charge is 0.443 e. The molecule has 0 spiro atoms. The van der Waals surface area contributed by atoms with E-state index in [-0.39, 0.29) is 5.03 Å². The van der Waals surface area contributed by atoms with Gasteiger partial charge in [0.2, 0.25) is 0 Å². The second-order valence-corrected chi connectivity index (χ2v) is 9.71. The van der Waals surface area contributed by atoms with Crippen molar-refractivity contribution < 1.29 is 17.9 Å². The molecule has 1 amide bonds. The van der Waals surface area contributed by atoms with Crippen molar-refractivity contribution in [2.24, 2.45) is 0 Å². The Labute approximate surface area is 145 Å². The molecule has 0 aromatic carbocycles. The normalized spacial score (nSPS) is 12.9. The van der Waals surface area contributed by atoms with Gasteiger partial charge in [0.05, 0.1) is 5.54 Å². The highest BCUT2D eigenvalue weighted by Gasteiger charge is 2.41. The SMILES string of the molecule is CC(C)(C)OC(=O)N(C(C)(C)C)S(=O)(=O)c1cc(I)ccn1. The van der Waals surface area contributed by atoms with E-state index in [1.54, 1.807) is 47.6 Å². The maximum atomic E-state index is 12.8. The van der Waals surface area contributed by atoms with Crippen LogP contribution in [0.2, 0.25) is 0 Å². The van der Waals surface area contributed by atoms with E-state index >= 15 is 0 Å². The van der Waals surface area contributed by atoms with Gasteiger partial charge >= 0.3 is 6.09 Å². The van der Waals surface area contributed by atoms with Gasteiger partial charge in [0, 0.05) is 9.77 Å². The van der Waals surface area contributed by atoms with Crippen LogP contribution in [0.15, 0.2) is 23.4 Å². The Morgan fingerprint density at radius 2 is 1.77 bits per heavy atom. The second kappa shape index (κ2) is 6.31. The van der Waals surface area contributed by atoms with E-state index in [0.29, 0.717) is 3.57 Å². The highest BCUT2D eigenvalue weighted by Crippen LogP contribution is 2.26. The minimum atomic E-state index is -4.11. The number of halogens is 1. The molecule has 0 unspecified atom stereocenters. The molecule has 6 nitrogen and oxygen atoms in total. The number of carbonyl (C=O) groups is 1. The molecule has 8 heteroatoms. The number of amides is 1. The van der Waals surface area contributed by atoms with Gasteiger partial charge in [-0.1, -0.05) is 0 Å². The van der Waals surface area contributed by atoms with Crippen molar-refractivity contribution in [3.05, 3.63) is 21.9 Å². The Kier molecular flexibility index (Phi) is 5.49. The van der Waals surface area contributed by atoms with Gasteiger partial charge in [0.15, 0.2) is 5.03 Å². The lowest BCUT2D eigenvalue weighted by Gasteiger charge is -2.35. The lowest BCUT2D eigenvalue weighted by molar-refractivity contribution is 0.0282. The lowest BCUT2D eigenvalue weighted by atomic mass is 10.1. The summed E-state index contributed by atoms with van der Waals surface area (Å²) in [6.45, 7) is 9.93. The second-order valence-electron chi connectivity index (χ2n) is 6.73. The summed E-state index contributed by atoms with van der Waals surface area (Å²) in [6.07, 6.45) is 0.477. The summed E-state index contributed by atoms with van der Waals surface area (Å²) < 4.78 is 32.3. The van der Waals surface area contributed by atoms with Crippen LogP contribution in [0.4, 0.5) is 4.79 Å². The summed E-state index contributed by atoms with van der Waals surface area (Å²) in [5.74, 6) is 0. The Hall–Kier alpha value is -0.900. The Morgan fingerprint density at radius 3 is 2.18 bits per heavy atom. The van der Waals surface area contributed by atoms with Gasteiger partial charge < -0.3 is 4.74 Å². The molecular weight excluding hydrogens is 419 g/mol. The number of hydrogen-bond donors (Lipinski definition) is 0. The zero-order chi connectivity index (χ0) is 17.3. The van der Waals surface area contributed by atoms with Gasteiger partial charge in [-0.25, -0.2) is 9.78 Å². The van der Waals surface area contributed by atoms with Crippen LogP contribution in [0.1, 0.15) is 41.5 Å². The van der Waals surface area contributed by atoms with E-state index in [1.165, 1.54) is 12.3 Å². The van der Waals surface area contributed by atoms with Crippen LogP contribution in [0, 0.1) is 3.57 Å². The minimum absolute atomic E-state index is 0.180. The van der Waals surface area contributed by atoms with Crippen molar-refractivity contribution in [3.8, 4) is 0 Å². The van der Waals surface area contributed by atoms with E-state index < -0.39 is 27.3 Å². The van der Waals surface area contributed by atoms with Gasteiger partial charge in [-0.2, -0.15) is 12.7 Å². The third kappa shape index (κ3) is 4.80. The standard InChI is InChI=1S/C14H21IN2O4S/c1-13(2,3)17(12(18)21-14(4,5)6)22(19,20)11-9-10(15)7-8-16-11/h7-9H,1-6H3. The molecule has 22 heavy (non-hydrogen) atoms. The van der Waals surface area contributed by atoms with Crippen LogP contribution < -0.4 is 0 Å². The first-order valence-corrected chi connectivity index (χ1v) is 9.17. The van der Waals surface area contributed by atoms with Crippen molar-refractivity contribution in [1.82, 2.24) is 9.29 Å². The number of sulfonamides is 1. The van der Waals surface area contributed by atoms with E-state index in [1.807, 2.05) is 22.6 Å². The molecule has 0 radical (unpaired) electrons. The molecule has 0 bridgehead atoms. The number of rotatable bonds is 2. The predicted octanol–water partition coefficient (Wildman–Crippen LogP) is 3.41. The quantitative estimate of drug-likeness (QED) is 0.659. The molecule has 0 aliphatic rings. The monoisotopic (exact) mass is 440 g/mol. The van der Waals surface area contributed by atoms with Crippen molar-refractivity contribution in [1.29, 1.82) is 0 Å². The fourth-order valence-electron chi connectivity index (χ4n) is 1.66.